The highest BCUT2D eigenvalue weighted by atomic mass is 32.1. The van der Waals surface area contributed by atoms with Crippen molar-refractivity contribution in [3.63, 3.8) is 0 Å². The summed E-state index contributed by atoms with van der Waals surface area (Å²) < 4.78 is 8.76. The minimum atomic E-state index is -0.226. The lowest BCUT2D eigenvalue weighted by Gasteiger charge is -2.34. The molecule has 0 amide bonds. The van der Waals surface area contributed by atoms with E-state index in [4.69, 9.17) is 4.74 Å². The molecule has 3 aromatic rings. The van der Waals surface area contributed by atoms with E-state index < -0.39 is 0 Å². The molecule has 1 unspecified atom stereocenters. The van der Waals surface area contributed by atoms with E-state index in [0.717, 1.165) is 59.7 Å². The van der Waals surface area contributed by atoms with Gasteiger partial charge in [-0.2, -0.15) is 0 Å². The summed E-state index contributed by atoms with van der Waals surface area (Å²) in [5.41, 5.74) is 4.04. The Hall–Kier alpha value is -2.73. The average Bonchev–Trinajstić information content (AvgIpc) is 3.32. The Morgan fingerprint density at radius 2 is 1.91 bits per heavy atom. The van der Waals surface area contributed by atoms with Gasteiger partial charge < -0.3 is 9.30 Å². The van der Waals surface area contributed by atoms with Crippen LogP contribution in [0.3, 0.4) is 0 Å². The molecule has 2 aromatic heterocycles. The van der Waals surface area contributed by atoms with Crippen molar-refractivity contribution in [2.75, 3.05) is 0 Å². The average molecular weight is 479 g/mol. The van der Waals surface area contributed by atoms with Crippen LogP contribution in [0.5, 0.6) is 5.75 Å². The highest BCUT2D eigenvalue weighted by Gasteiger charge is 2.29. The number of carbonyl (C=O) groups excluding carboxylic acids is 1. The fourth-order valence-corrected chi connectivity index (χ4v) is 5.58. The summed E-state index contributed by atoms with van der Waals surface area (Å²) in [4.78, 5) is 29.5. The van der Waals surface area contributed by atoms with E-state index in [1.54, 1.807) is 23.6 Å². The van der Waals surface area contributed by atoms with E-state index in [1.165, 1.54) is 12.5 Å². The van der Waals surface area contributed by atoms with E-state index in [1.807, 2.05) is 11.6 Å². The number of benzene rings is 1. The molecule has 0 saturated carbocycles. The van der Waals surface area contributed by atoms with Gasteiger partial charge in [0.1, 0.15) is 10.8 Å². The van der Waals surface area contributed by atoms with Crippen LogP contribution in [0.2, 0.25) is 0 Å². The molecular weight excluding hydrogens is 444 g/mol. The maximum Gasteiger partial charge on any atom is 0.192 e. The first kappa shape index (κ1) is 24.4. The third-order valence-electron chi connectivity index (χ3n) is 6.67. The van der Waals surface area contributed by atoms with Crippen molar-refractivity contribution < 1.29 is 9.53 Å². The Bertz CT molecular complexity index is 1220. The predicted molar refractivity (Wildman–Crippen MR) is 139 cm³/mol. The smallest absolute Gasteiger partial charge is 0.192 e. The summed E-state index contributed by atoms with van der Waals surface area (Å²) in [7, 11) is 0. The molecule has 4 rings (SSSR count). The number of carbonyl (C=O) groups is 1. The molecule has 0 aliphatic carbocycles. The number of thiazole rings is 1. The summed E-state index contributed by atoms with van der Waals surface area (Å²) in [6.07, 6.45) is 8.75. The van der Waals surface area contributed by atoms with Crippen LogP contribution in [0.15, 0.2) is 40.8 Å². The zero-order valence-corrected chi connectivity index (χ0v) is 21.6. The largest absolute Gasteiger partial charge is 0.490 e. The molecule has 5 nitrogen and oxygen atoms in total. The van der Waals surface area contributed by atoms with Gasteiger partial charge in [-0.3, -0.25) is 9.59 Å². The molecule has 0 spiro atoms. The zero-order chi connectivity index (χ0) is 24.4. The summed E-state index contributed by atoms with van der Waals surface area (Å²) in [5.74, 6) is 1.02. The molecule has 1 aliphatic rings. The number of hydrogen-bond acceptors (Lipinski definition) is 5. The van der Waals surface area contributed by atoms with Crippen LogP contribution >= 0.6 is 11.3 Å². The Balaban J connectivity index is 1.91. The SMILES string of the molecule is CCCC(CCC)Oc1cc2c(cc1-c1nccs1)-c1cc(=O)c(C(C)=O)cn1C(C(C)C)C2. The van der Waals surface area contributed by atoms with Gasteiger partial charge >= 0.3 is 0 Å². The van der Waals surface area contributed by atoms with Crippen LogP contribution in [-0.4, -0.2) is 21.4 Å². The molecule has 180 valence electrons. The molecule has 1 aromatic carbocycles. The molecule has 0 N–H and O–H groups in total. The maximum atomic E-state index is 12.8. The number of aromatic nitrogens is 2. The highest BCUT2D eigenvalue weighted by Crippen LogP contribution is 2.44. The number of pyridine rings is 1. The number of hydrogen-bond donors (Lipinski definition) is 0. The van der Waals surface area contributed by atoms with Gasteiger partial charge in [0.05, 0.1) is 22.9 Å². The van der Waals surface area contributed by atoms with E-state index in [2.05, 4.69) is 49.4 Å². The molecule has 0 radical (unpaired) electrons. The van der Waals surface area contributed by atoms with Crippen LogP contribution in [0.1, 0.15) is 82.3 Å². The Labute approximate surface area is 205 Å². The molecule has 1 aliphatic heterocycles. The van der Waals surface area contributed by atoms with Gasteiger partial charge in [0.2, 0.25) is 0 Å². The lowest BCUT2D eigenvalue weighted by Crippen LogP contribution is -2.28. The van der Waals surface area contributed by atoms with Crippen molar-refractivity contribution in [2.24, 2.45) is 5.92 Å². The lowest BCUT2D eigenvalue weighted by atomic mass is 9.86. The molecule has 0 fully saturated rings. The monoisotopic (exact) mass is 478 g/mol. The summed E-state index contributed by atoms with van der Waals surface area (Å²) in [5, 5.41) is 2.88. The Morgan fingerprint density at radius 3 is 2.50 bits per heavy atom. The zero-order valence-electron chi connectivity index (χ0n) is 20.8. The number of fused-ring (bicyclic) bond motifs is 3. The first-order valence-corrected chi connectivity index (χ1v) is 13.2. The summed E-state index contributed by atoms with van der Waals surface area (Å²) in [6, 6.07) is 6.09. The van der Waals surface area contributed by atoms with Gasteiger partial charge in [-0.1, -0.05) is 40.5 Å². The first-order valence-electron chi connectivity index (χ1n) is 12.3. The van der Waals surface area contributed by atoms with E-state index >= 15 is 0 Å². The standard InChI is InChI=1S/C28H34N2O3S/c1-6-8-20(9-7-2)33-27-13-19-12-24(17(3)4)30-16-23(18(5)31)26(32)15-25(30)21(19)14-22(27)28-29-10-11-34-28/h10-11,13-17,20,24H,6-9,12H2,1-5H3. The third kappa shape index (κ3) is 4.74. The topological polar surface area (TPSA) is 61.2 Å². The number of Topliss-reactive ketones (excluding diaryl/α,β-unsaturated/α-hetero) is 1. The van der Waals surface area contributed by atoms with Crippen molar-refractivity contribution in [2.45, 2.75) is 78.9 Å². The number of rotatable bonds is 9. The molecule has 34 heavy (non-hydrogen) atoms. The van der Waals surface area contributed by atoms with Crippen LogP contribution in [0, 0.1) is 5.92 Å². The Kier molecular flexibility index (Phi) is 7.36. The van der Waals surface area contributed by atoms with E-state index in [9.17, 15) is 9.59 Å². The van der Waals surface area contributed by atoms with Crippen molar-refractivity contribution >= 4 is 17.1 Å². The molecular formula is C28H34N2O3S. The van der Waals surface area contributed by atoms with Gasteiger partial charge in [0.25, 0.3) is 0 Å². The van der Waals surface area contributed by atoms with Crippen molar-refractivity contribution in [3.8, 4) is 27.6 Å². The number of ketones is 1. The molecule has 0 saturated heterocycles. The quantitative estimate of drug-likeness (QED) is 0.312. The first-order chi connectivity index (χ1) is 16.3. The summed E-state index contributed by atoms with van der Waals surface area (Å²) >= 11 is 1.59. The fourth-order valence-electron chi connectivity index (χ4n) is 4.92. The van der Waals surface area contributed by atoms with E-state index in [-0.39, 0.29) is 28.9 Å². The van der Waals surface area contributed by atoms with Crippen molar-refractivity contribution in [1.29, 1.82) is 0 Å². The molecule has 0 bridgehead atoms. The second kappa shape index (κ2) is 10.3. The minimum Gasteiger partial charge on any atom is -0.490 e. The molecule has 3 heterocycles. The lowest BCUT2D eigenvalue weighted by molar-refractivity contribution is 0.101. The Morgan fingerprint density at radius 1 is 1.18 bits per heavy atom. The second-order valence-electron chi connectivity index (χ2n) is 9.58. The van der Waals surface area contributed by atoms with Crippen LogP contribution in [0.4, 0.5) is 0 Å². The second-order valence-corrected chi connectivity index (χ2v) is 10.5. The van der Waals surface area contributed by atoms with Crippen molar-refractivity contribution in [1.82, 2.24) is 9.55 Å². The van der Waals surface area contributed by atoms with Gasteiger partial charge in [0, 0.05) is 35.4 Å². The van der Waals surface area contributed by atoms with Gasteiger partial charge in [0.15, 0.2) is 11.2 Å². The number of nitrogens with zero attached hydrogens (tertiary/aromatic N) is 2. The fraction of sp³-hybridized carbons (Fsp3) is 0.464. The van der Waals surface area contributed by atoms with Crippen LogP contribution in [0.25, 0.3) is 21.8 Å². The van der Waals surface area contributed by atoms with Gasteiger partial charge in [-0.15, -0.1) is 11.3 Å². The predicted octanol–water partition coefficient (Wildman–Crippen LogP) is 6.94. The van der Waals surface area contributed by atoms with E-state index in [0.29, 0.717) is 5.92 Å². The van der Waals surface area contributed by atoms with Crippen molar-refractivity contribution in [3.05, 3.63) is 57.3 Å². The third-order valence-corrected chi connectivity index (χ3v) is 7.48. The highest BCUT2D eigenvalue weighted by molar-refractivity contribution is 7.13. The molecule has 1 atom stereocenters. The van der Waals surface area contributed by atoms with Crippen LogP contribution in [-0.2, 0) is 6.42 Å². The normalized spacial score (nSPS) is 14.9. The van der Waals surface area contributed by atoms with Crippen LogP contribution < -0.4 is 10.2 Å². The maximum absolute atomic E-state index is 12.8. The summed E-state index contributed by atoms with van der Waals surface area (Å²) in [6.45, 7) is 10.2. The minimum absolute atomic E-state index is 0.154. The molecule has 6 heteroatoms. The van der Waals surface area contributed by atoms with Gasteiger partial charge in [-0.05, 0) is 49.8 Å². The van der Waals surface area contributed by atoms with Gasteiger partial charge in [-0.25, -0.2) is 4.98 Å². The number of ether oxygens (including phenoxy) is 1.